The normalized spacial score (nSPS) is 15.1. The lowest BCUT2D eigenvalue weighted by atomic mass is 10.2. The van der Waals surface area contributed by atoms with Crippen molar-refractivity contribution in [3.05, 3.63) is 24.3 Å². The summed E-state index contributed by atoms with van der Waals surface area (Å²) >= 11 is 0. The molecule has 0 saturated carbocycles. The lowest BCUT2D eigenvalue weighted by molar-refractivity contribution is 0.601. The Balaban J connectivity index is 2.54. The quantitative estimate of drug-likeness (QED) is 0.778. The van der Waals surface area contributed by atoms with Gasteiger partial charge in [0.05, 0.1) is 15.7 Å². The second-order valence-corrected chi connectivity index (χ2v) is 8.35. The molecule has 2 N–H and O–H groups in total. The number of sulfone groups is 1. The Morgan fingerprint density at radius 1 is 1.21 bits per heavy atom. The van der Waals surface area contributed by atoms with Gasteiger partial charge in [-0.3, -0.25) is 4.21 Å². The molecule has 1 aromatic carbocycles. The maximum atomic E-state index is 12.0. The highest BCUT2D eigenvalue weighted by molar-refractivity contribution is 7.90. The van der Waals surface area contributed by atoms with Crippen molar-refractivity contribution in [1.29, 1.82) is 0 Å². The van der Waals surface area contributed by atoms with Crippen LogP contribution in [0.5, 0.6) is 0 Å². The van der Waals surface area contributed by atoms with Gasteiger partial charge in [-0.25, -0.2) is 8.42 Å². The molecule has 108 valence electrons. The summed E-state index contributed by atoms with van der Waals surface area (Å²) in [7, 11) is -4.26. The molecule has 0 aliphatic heterocycles. The third kappa shape index (κ3) is 5.84. The summed E-state index contributed by atoms with van der Waals surface area (Å²) < 4.78 is 34.6. The molecule has 0 aromatic heterocycles. The van der Waals surface area contributed by atoms with E-state index in [1.54, 1.807) is 12.1 Å². The molecule has 2 atom stereocenters. The van der Waals surface area contributed by atoms with Crippen LogP contribution in [0.2, 0.25) is 0 Å². The lowest BCUT2D eigenvalue weighted by Gasteiger charge is -2.05. The minimum Gasteiger partial charge on any atom is -0.328 e. The number of benzene rings is 1. The van der Waals surface area contributed by atoms with E-state index < -0.39 is 20.6 Å². The van der Waals surface area contributed by atoms with Crippen molar-refractivity contribution in [2.45, 2.75) is 42.0 Å². The van der Waals surface area contributed by atoms with Crippen LogP contribution in [0.4, 0.5) is 0 Å². The zero-order valence-corrected chi connectivity index (χ0v) is 13.0. The van der Waals surface area contributed by atoms with Crippen molar-refractivity contribution in [3.63, 3.8) is 0 Å². The highest BCUT2D eigenvalue weighted by atomic mass is 32.2. The van der Waals surface area contributed by atoms with Crippen LogP contribution >= 0.6 is 0 Å². The lowest BCUT2D eigenvalue weighted by Crippen LogP contribution is -2.14. The van der Waals surface area contributed by atoms with Gasteiger partial charge >= 0.3 is 0 Å². The van der Waals surface area contributed by atoms with Gasteiger partial charge in [0.25, 0.3) is 0 Å². The molecule has 0 aliphatic rings. The van der Waals surface area contributed by atoms with Crippen LogP contribution in [0.15, 0.2) is 34.1 Å². The van der Waals surface area contributed by atoms with Crippen LogP contribution < -0.4 is 5.73 Å². The number of hydrogen-bond donors (Lipinski definition) is 1. The van der Waals surface area contributed by atoms with Gasteiger partial charge in [0, 0.05) is 22.9 Å². The first kappa shape index (κ1) is 16.3. The van der Waals surface area contributed by atoms with E-state index in [4.69, 9.17) is 5.73 Å². The number of unbranched alkanes of at least 4 members (excludes halogenated alkanes) is 1. The van der Waals surface area contributed by atoms with E-state index in [9.17, 15) is 12.6 Å². The first-order chi connectivity index (χ1) is 8.80. The maximum absolute atomic E-state index is 12.0. The fourth-order valence-corrected chi connectivity index (χ4v) is 3.43. The Kier molecular flexibility index (Phi) is 6.16. The minimum atomic E-state index is -3.19. The molecule has 0 bridgehead atoms. The monoisotopic (exact) mass is 303 g/mol. The summed E-state index contributed by atoms with van der Waals surface area (Å²) in [6.45, 7) is 1.96. The van der Waals surface area contributed by atoms with Crippen LogP contribution in [0, 0.1) is 0 Å². The summed E-state index contributed by atoms with van der Waals surface area (Å²) in [5.74, 6) is 0.588. The molecule has 0 radical (unpaired) electrons. The van der Waals surface area contributed by atoms with E-state index >= 15 is 0 Å². The molecule has 0 fully saturated rings. The van der Waals surface area contributed by atoms with Gasteiger partial charge in [0.1, 0.15) is 0 Å². The van der Waals surface area contributed by atoms with Crippen molar-refractivity contribution in [2.24, 2.45) is 5.73 Å². The first-order valence-corrected chi connectivity index (χ1v) is 9.46. The molecule has 4 nitrogen and oxygen atoms in total. The van der Waals surface area contributed by atoms with Gasteiger partial charge < -0.3 is 5.73 Å². The summed E-state index contributed by atoms with van der Waals surface area (Å²) in [6.07, 6.45) is 3.92. The molecule has 0 amide bonds. The van der Waals surface area contributed by atoms with Gasteiger partial charge in [-0.15, -0.1) is 0 Å². The Hall–Kier alpha value is -0.720. The van der Waals surface area contributed by atoms with Gasteiger partial charge in [0.2, 0.25) is 0 Å². The van der Waals surface area contributed by atoms with Crippen molar-refractivity contribution in [3.8, 4) is 0 Å². The predicted octanol–water partition coefficient (Wildman–Crippen LogP) is 1.72. The van der Waals surface area contributed by atoms with Crippen LogP contribution in [0.1, 0.15) is 26.2 Å². The first-order valence-electron chi connectivity index (χ1n) is 6.25. The van der Waals surface area contributed by atoms with E-state index in [1.165, 1.54) is 12.1 Å². The van der Waals surface area contributed by atoms with Crippen LogP contribution in [0.25, 0.3) is 0 Å². The van der Waals surface area contributed by atoms with E-state index in [1.807, 2.05) is 6.92 Å². The largest absolute Gasteiger partial charge is 0.328 e. The zero-order valence-electron chi connectivity index (χ0n) is 11.3. The molecule has 0 aliphatic carbocycles. The molecule has 19 heavy (non-hydrogen) atoms. The SMILES string of the molecule is CC(N)CCCCS(=O)c1ccc(S(C)(=O)=O)cc1. The van der Waals surface area contributed by atoms with Crippen LogP contribution in [-0.4, -0.2) is 30.7 Å². The van der Waals surface area contributed by atoms with E-state index in [0.29, 0.717) is 10.6 Å². The second kappa shape index (κ2) is 7.17. The summed E-state index contributed by atoms with van der Waals surface area (Å²) in [5.41, 5.74) is 5.65. The molecular weight excluding hydrogens is 282 g/mol. The molecule has 0 saturated heterocycles. The highest BCUT2D eigenvalue weighted by Crippen LogP contribution is 2.14. The van der Waals surface area contributed by atoms with Gasteiger partial charge in [-0.1, -0.05) is 6.42 Å². The second-order valence-electron chi connectivity index (χ2n) is 4.77. The molecule has 0 spiro atoms. The van der Waals surface area contributed by atoms with Crippen molar-refractivity contribution >= 4 is 20.6 Å². The summed E-state index contributed by atoms with van der Waals surface area (Å²) in [4.78, 5) is 0.929. The standard InChI is InChI=1S/C13H21NO3S2/c1-11(14)5-3-4-10-18(15)12-6-8-13(9-7-12)19(2,16)17/h6-9,11H,3-5,10,14H2,1-2H3. The van der Waals surface area contributed by atoms with Gasteiger partial charge in [-0.05, 0) is 44.0 Å². The number of nitrogens with two attached hydrogens (primary N) is 1. The average Bonchev–Trinajstić information content (AvgIpc) is 2.33. The zero-order chi connectivity index (χ0) is 14.5. The van der Waals surface area contributed by atoms with Gasteiger partial charge in [0.15, 0.2) is 9.84 Å². The van der Waals surface area contributed by atoms with Crippen molar-refractivity contribution in [1.82, 2.24) is 0 Å². The third-order valence-electron chi connectivity index (χ3n) is 2.75. The molecule has 2 unspecified atom stereocenters. The predicted molar refractivity (Wildman–Crippen MR) is 78.3 cm³/mol. The summed E-state index contributed by atoms with van der Waals surface area (Å²) in [5, 5.41) is 0. The van der Waals surface area contributed by atoms with E-state index in [-0.39, 0.29) is 10.9 Å². The van der Waals surface area contributed by atoms with E-state index in [0.717, 1.165) is 25.5 Å². The fraction of sp³-hybridized carbons (Fsp3) is 0.538. The molecule has 1 aromatic rings. The fourth-order valence-electron chi connectivity index (χ4n) is 1.66. The Labute approximate surface area is 117 Å². The maximum Gasteiger partial charge on any atom is 0.175 e. The average molecular weight is 303 g/mol. The van der Waals surface area contributed by atoms with Crippen LogP contribution in [-0.2, 0) is 20.6 Å². The Morgan fingerprint density at radius 3 is 2.26 bits per heavy atom. The number of hydrogen-bond acceptors (Lipinski definition) is 4. The molecule has 1 rings (SSSR count). The summed E-state index contributed by atoms with van der Waals surface area (Å²) in [6, 6.07) is 6.44. The van der Waals surface area contributed by atoms with Crippen molar-refractivity contribution < 1.29 is 12.6 Å². The van der Waals surface area contributed by atoms with Crippen molar-refractivity contribution in [2.75, 3.05) is 12.0 Å². The molecular formula is C13H21NO3S2. The topological polar surface area (TPSA) is 77.2 Å². The highest BCUT2D eigenvalue weighted by Gasteiger charge is 2.09. The number of rotatable bonds is 7. The Morgan fingerprint density at radius 2 is 1.79 bits per heavy atom. The van der Waals surface area contributed by atoms with Crippen LogP contribution in [0.3, 0.4) is 0 Å². The Bertz CT molecular complexity index is 521. The smallest absolute Gasteiger partial charge is 0.175 e. The molecule has 0 heterocycles. The molecule has 6 heteroatoms. The third-order valence-corrected chi connectivity index (χ3v) is 5.34. The van der Waals surface area contributed by atoms with Gasteiger partial charge in [-0.2, -0.15) is 0 Å². The van der Waals surface area contributed by atoms with E-state index in [2.05, 4.69) is 0 Å². The minimum absolute atomic E-state index is 0.183.